The van der Waals surface area contributed by atoms with Gasteiger partial charge in [0.05, 0.1) is 23.6 Å². The fraction of sp³-hybridized carbons (Fsp3) is 1.00. The average molecular weight is 389 g/mol. The topological polar surface area (TPSA) is 230 Å². The lowest BCUT2D eigenvalue weighted by atomic mass is 10.3. The average Bonchev–Trinajstić information content (AvgIpc) is 2.04. The lowest BCUT2D eigenvalue weighted by Gasteiger charge is -2.28. The van der Waals surface area contributed by atoms with Crippen LogP contribution in [0.25, 0.3) is 0 Å². The Morgan fingerprint density at radius 1 is 0.571 bits per heavy atom. The molecule has 0 aliphatic heterocycles. The molecular weight excluding hydrogens is 375 g/mol. The Balaban J connectivity index is 0. The third-order valence-corrected chi connectivity index (χ3v) is 7.52. The Hall–Kier alpha value is 0.665. The molecule has 0 spiro atoms. The van der Waals surface area contributed by atoms with Gasteiger partial charge in [-0.05, 0) is 0 Å². The third kappa shape index (κ3) is 10.1. The van der Waals surface area contributed by atoms with Gasteiger partial charge in [0, 0.05) is 8.41 Å². The van der Waals surface area contributed by atoms with E-state index >= 15 is 0 Å². The summed E-state index contributed by atoms with van der Waals surface area (Å²) < 4.78 is 43.9. The fourth-order valence-electron chi connectivity index (χ4n) is 1.39. The van der Waals surface area contributed by atoms with Gasteiger partial charge < -0.3 is 39.1 Å². The monoisotopic (exact) mass is 389 g/mol. The van der Waals surface area contributed by atoms with Gasteiger partial charge in [-0.15, -0.1) is 0 Å². The molecule has 0 fully saturated rings. The van der Waals surface area contributed by atoms with Crippen molar-refractivity contribution in [3.8, 4) is 0 Å². The highest BCUT2D eigenvalue weighted by Crippen LogP contribution is 2.60. The molecule has 0 saturated heterocycles. The summed E-state index contributed by atoms with van der Waals surface area (Å²) in [5.74, 6) is 0. The van der Waals surface area contributed by atoms with Crippen molar-refractivity contribution in [1.82, 2.24) is 0 Å². The summed E-state index contributed by atoms with van der Waals surface area (Å²) >= 11 is 0. The molecule has 0 bridgehead atoms. The van der Waals surface area contributed by atoms with E-state index in [0.717, 1.165) is 0 Å². The molecule has 0 aliphatic carbocycles. The largest absolute Gasteiger partial charge is 0.330 e. The summed E-state index contributed by atoms with van der Waals surface area (Å²) in [4.78, 5) is 70.5. The van der Waals surface area contributed by atoms with Gasteiger partial charge in [-0.2, -0.15) is 0 Å². The lowest BCUT2D eigenvalue weighted by molar-refractivity contribution is 0.321. The standard InChI is InChI=1S/C4H14O12P4.B/c5-17(6,7)1-3(19(11,12)13)4(20(14,15)16)2-18(8,9)10;/h3-4H,1-2H2,(H2,5,6,7)(H2,8,9,10)(H2,11,12,13)(H2,14,15,16);. The maximum absolute atomic E-state index is 11.1. The highest BCUT2D eigenvalue weighted by atomic mass is 31.2. The Morgan fingerprint density at radius 3 is 0.857 bits per heavy atom. The quantitative estimate of drug-likeness (QED) is 0.175. The van der Waals surface area contributed by atoms with Crippen molar-refractivity contribution in [2.24, 2.45) is 0 Å². The molecule has 0 aliphatic rings. The van der Waals surface area contributed by atoms with Crippen molar-refractivity contribution in [2.75, 3.05) is 12.3 Å². The van der Waals surface area contributed by atoms with E-state index in [1.165, 1.54) is 0 Å². The SMILES string of the molecule is O=P(O)(O)CC(C(CP(=O)(O)O)P(=O)(O)O)P(=O)(O)O.[B]. The second-order valence-corrected chi connectivity index (χ2v) is 11.1. The highest BCUT2D eigenvalue weighted by Gasteiger charge is 2.50. The van der Waals surface area contributed by atoms with Crippen molar-refractivity contribution >= 4 is 38.8 Å². The minimum absolute atomic E-state index is 0. The van der Waals surface area contributed by atoms with Crippen LogP contribution in [0.3, 0.4) is 0 Å². The van der Waals surface area contributed by atoms with E-state index in [0.29, 0.717) is 0 Å². The minimum Gasteiger partial charge on any atom is -0.324 e. The zero-order valence-corrected chi connectivity index (χ0v) is 13.7. The molecule has 3 radical (unpaired) electrons. The van der Waals surface area contributed by atoms with Crippen LogP contribution in [0.4, 0.5) is 0 Å². The van der Waals surface area contributed by atoms with E-state index in [1.807, 2.05) is 0 Å². The number of hydrogen-bond acceptors (Lipinski definition) is 4. The van der Waals surface area contributed by atoms with Crippen LogP contribution in [0.15, 0.2) is 0 Å². The highest BCUT2D eigenvalue weighted by molar-refractivity contribution is 7.60. The van der Waals surface area contributed by atoms with Crippen LogP contribution in [-0.2, 0) is 18.3 Å². The molecule has 0 saturated carbocycles. The predicted octanol–water partition coefficient (Wildman–Crippen LogP) is -1.95. The fourth-order valence-corrected chi connectivity index (χ4v) is 8.34. The molecule has 21 heavy (non-hydrogen) atoms. The van der Waals surface area contributed by atoms with E-state index in [9.17, 15) is 18.3 Å². The van der Waals surface area contributed by atoms with Gasteiger partial charge in [0.25, 0.3) is 0 Å². The summed E-state index contributed by atoms with van der Waals surface area (Å²) in [5, 5.41) is 0. The zero-order valence-electron chi connectivity index (χ0n) is 10.1. The second kappa shape index (κ2) is 7.49. The van der Waals surface area contributed by atoms with Crippen LogP contribution >= 0.6 is 30.4 Å². The van der Waals surface area contributed by atoms with Crippen molar-refractivity contribution < 1.29 is 57.4 Å². The maximum Gasteiger partial charge on any atom is 0.330 e. The maximum atomic E-state index is 11.1. The molecule has 0 rings (SSSR count). The van der Waals surface area contributed by atoms with Crippen LogP contribution in [-0.4, -0.2) is 71.2 Å². The van der Waals surface area contributed by atoms with Crippen molar-refractivity contribution in [1.29, 1.82) is 0 Å². The van der Waals surface area contributed by atoms with Crippen molar-refractivity contribution in [2.45, 2.75) is 11.3 Å². The van der Waals surface area contributed by atoms with Crippen molar-refractivity contribution in [3.63, 3.8) is 0 Å². The Kier molecular flexibility index (Phi) is 8.53. The first kappa shape index (κ1) is 23.9. The normalized spacial score (nSPS) is 17.0. The summed E-state index contributed by atoms with van der Waals surface area (Å²) in [6, 6.07) is 0. The van der Waals surface area contributed by atoms with E-state index in [4.69, 9.17) is 39.1 Å². The van der Waals surface area contributed by atoms with Gasteiger partial charge >= 0.3 is 30.4 Å². The molecule has 17 heteroatoms. The summed E-state index contributed by atoms with van der Waals surface area (Å²) in [5.41, 5.74) is -5.17. The van der Waals surface area contributed by atoms with Crippen LogP contribution < -0.4 is 0 Å². The van der Waals surface area contributed by atoms with Crippen LogP contribution in [0.2, 0.25) is 0 Å². The minimum atomic E-state index is -5.44. The molecule has 0 aromatic heterocycles. The molecule has 0 amide bonds. The van der Waals surface area contributed by atoms with Gasteiger partial charge in [-0.1, -0.05) is 0 Å². The molecule has 0 heterocycles. The summed E-state index contributed by atoms with van der Waals surface area (Å²) in [6.45, 7) is 0. The molecule has 125 valence electrons. The third-order valence-electron chi connectivity index (χ3n) is 2.16. The van der Waals surface area contributed by atoms with E-state index in [-0.39, 0.29) is 8.41 Å². The number of rotatable bonds is 7. The molecular formula is C4H14BO12P4. The second-order valence-electron chi connectivity index (χ2n) is 4.01. The van der Waals surface area contributed by atoms with Crippen LogP contribution in [0.5, 0.6) is 0 Å². The first-order valence-electron chi connectivity index (χ1n) is 4.63. The van der Waals surface area contributed by atoms with E-state index < -0.39 is 54.0 Å². The Morgan fingerprint density at radius 2 is 0.762 bits per heavy atom. The smallest absolute Gasteiger partial charge is 0.324 e. The van der Waals surface area contributed by atoms with Crippen LogP contribution in [0, 0.1) is 0 Å². The first-order chi connectivity index (χ1) is 8.43. The first-order valence-corrected chi connectivity index (χ1v) is 11.6. The Labute approximate surface area is 120 Å². The van der Waals surface area contributed by atoms with Gasteiger partial charge in [-0.3, -0.25) is 18.3 Å². The zero-order chi connectivity index (χ0) is 16.6. The number of hydrogen-bond donors (Lipinski definition) is 8. The summed E-state index contributed by atoms with van der Waals surface area (Å²) in [7, 11) is -21.1. The summed E-state index contributed by atoms with van der Waals surface area (Å²) in [6.07, 6.45) is -3.24. The van der Waals surface area contributed by atoms with Gasteiger partial charge in [0.15, 0.2) is 0 Å². The van der Waals surface area contributed by atoms with Gasteiger partial charge in [0.2, 0.25) is 0 Å². The molecule has 0 aromatic rings. The predicted molar refractivity (Wildman–Crippen MR) is 71.2 cm³/mol. The van der Waals surface area contributed by atoms with Crippen molar-refractivity contribution in [3.05, 3.63) is 0 Å². The molecule has 12 nitrogen and oxygen atoms in total. The lowest BCUT2D eigenvalue weighted by Crippen LogP contribution is -2.33. The molecule has 2 unspecified atom stereocenters. The molecule has 2 atom stereocenters. The van der Waals surface area contributed by atoms with Gasteiger partial charge in [0.1, 0.15) is 0 Å². The van der Waals surface area contributed by atoms with Crippen LogP contribution in [0.1, 0.15) is 0 Å². The molecule has 0 aromatic carbocycles. The van der Waals surface area contributed by atoms with E-state index in [1.54, 1.807) is 0 Å². The Bertz CT molecular complexity index is 473. The molecule has 8 N–H and O–H groups in total. The van der Waals surface area contributed by atoms with Gasteiger partial charge in [-0.25, -0.2) is 0 Å². The van der Waals surface area contributed by atoms with E-state index in [2.05, 4.69) is 0 Å².